The van der Waals surface area contributed by atoms with Crippen molar-refractivity contribution >= 4 is 11.6 Å². The minimum atomic E-state index is 0.165. The zero-order valence-electron chi connectivity index (χ0n) is 15.5. The molecule has 1 aromatic heterocycles. The first-order valence-corrected chi connectivity index (χ1v) is 9.73. The van der Waals surface area contributed by atoms with Crippen LogP contribution in [0, 0.1) is 12.8 Å². The zero-order chi connectivity index (χ0) is 17.9. The molecule has 2 aromatic rings. The second kappa shape index (κ2) is 7.48. The highest BCUT2D eigenvalue weighted by atomic mass is 16.2. The number of pyridine rings is 1. The van der Waals surface area contributed by atoms with Gasteiger partial charge in [-0.25, -0.2) is 0 Å². The van der Waals surface area contributed by atoms with E-state index < -0.39 is 0 Å². The molecule has 0 bridgehead atoms. The molecular weight excluding hydrogens is 322 g/mol. The number of hydrogen-bond acceptors (Lipinski definition) is 3. The van der Waals surface area contributed by atoms with Gasteiger partial charge in [0.05, 0.1) is 0 Å². The fourth-order valence-corrected chi connectivity index (χ4v) is 3.90. The molecule has 1 aliphatic heterocycles. The lowest BCUT2D eigenvalue weighted by Crippen LogP contribution is -2.43. The van der Waals surface area contributed by atoms with Gasteiger partial charge >= 0.3 is 0 Å². The molecule has 1 saturated carbocycles. The van der Waals surface area contributed by atoms with Crippen LogP contribution in [0.3, 0.4) is 0 Å². The van der Waals surface area contributed by atoms with Gasteiger partial charge in [-0.1, -0.05) is 30.3 Å². The minimum absolute atomic E-state index is 0.165. The second-order valence-electron chi connectivity index (χ2n) is 7.60. The maximum atomic E-state index is 13.2. The molecule has 1 aliphatic carbocycles. The van der Waals surface area contributed by atoms with Crippen LogP contribution in [-0.4, -0.2) is 34.9 Å². The van der Waals surface area contributed by atoms with E-state index in [0.717, 1.165) is 51.0 Å². The van der Waals surface area contributed by atoms with Crippen molar-refractivity contribution in [1.82, 2.24) is 9.88 Å². The van der Waals surface area contributed by atoms with Crippen LogP contribution in [0.15, 0.2) is 48.7 Å². The summed E-state index contributed by atoms with van der Waals surface area (Å²) < 4.78 is 0. The molecule has 2 fully saturated rings. The first-order valence-electron chi connectivity index (χ1n) is 9.73. The van der Waals surface area contributed by atoms with Crippen LogP contribution in [-0.2, 0) is 11.3 Å². The molecule has 0 radical (unpaired) electrons. The van der Waals surface area contributed by atoms with Gasteiger partial charge in [-0.15, -0.1) is 0 Å². The molecular formula is C22H27N3O. The van der Waals surface area contributed by atoms with Crippen LogP contribution in [0.2, 0.25) is 0 Å². The van der Waals surface area contributed by atoms with Gasteiger partial charge in [-0.3, -0.25) is 9.78 Å². The highest BCUT2D eigenvalue weighted by molar-refractivity contribution is 5.80. The molecule has 0 N–H and O–H groups in total. The van der Waals surface area contributed by atoms with E-state index in [1.165, 1.54) is 11.3 Å². The highest BCUT2D eigenvalue weighted by Crippen LogP contribution is 2.32. The summed E-state index contributed by atoms with van der Waals surface area (Å²) in [6.45, 7) is 4.68. The third-order valence-corrected chi connectivity index (χ3v) is 5.56. The van der Waals surface area contributed by atoms with E-state index in [9.17, 15) is 4.79 Å². The predicted octanol–water partition coefficient (Wildman–Crippen LogP) is 3.80. The molecule has 1 aromatic carbocycles. The highest BCUT2D eigenvalue weighted by Gasteiger charge is 2.36. The summed E-state index contributed by atoms with van der Waals surface area (Å²) in [5, 5.41) is 0. The van der Waals surface area contributed by atoms with E-state index in [1.807, 2.05) is 19.2 Å². The average molecular weight is 349 g/mol. The first kappa shape index (κ1) is 17.1. The predicted molar refractivity (Wildman–Crippen MR) is 104 cm³/mol. The lowest BCUT2D eigenvalue weighted by molar-refractivity contribution is -0.137. The number of hydrogen-bond donors (Lipinski definition) is 0. The van der Waals surface area contributed by atoms with Crippen LogP contribution in [0.5, 0.6) is 0 Å². The quantitative estimate of drug-likeness (QED) is 0.824. The normalized spacial score (nSPS) is 18.0. The van der Waals surface area contributed by atoms with Gasteiger partial charge in [0.15, 0.2) is 0 Å². The Morgan fingerprint density at radius 3 is 2.50 bits per heavy atom. The molecule has 4 rings (SSSR count). The summed E-state index contributed by atoms with van der Waals surface area (Å²) in [7, 11) is 0. The van der Waals surface area contributed by atoms with Gasteiger partial charge in [0.1, 0.15) is 0 Å². The Labute approximate surface area is 155 Å². The van der Waals surface area contributed by atoms with Crippen molar-refractivity contribution in [3.8, 4) is 0 Å². The Balaban J connectivity index is 1.39. The van der Waals surface area contributed by atoms with Gasteiger partial charge in [0, 0.05) is 49.2 Å². The number of carbonyl (C=O) groups is 1. The first-order chi connectivity index (χ1) is 12.7. The lowest BCUT2D eigenvalue weighted by atomic mass is 9.94. The number of piperidine rings is 1. The van der Waals surface area contributed by atoms with Crippen molar-refractivity contribution in [2.45, 2.75) is 45.2 Å². The molecule has 0 spiro atoms. The summed E-state index contributed by atoms with van der Waals surface area (Å²) in [4.78, 5) is 22.0. The van der Waals surface area contributed by atoms with Crippen molar-refractivity contribution in [3.05, 3.63) is 59.9 Å². The summed E-state index contributed by atoms with van der Waals surface area (Å²) in [6.07, 6.45) is 6.08. The van der Waals surface area contributed by atoms with E-state index in [2.05, 4.69) is 51.2 Å². The van der Waals surface area contributed by atoms with Crippen LogP contribution >= 0.6 is 0 Å². The van der Waals surface area contributed by atoms with Crippen molar-refractivity contribution in [3.63, 3.8) is 0 Å². The molecule has 4 nitrogen and oxygen atoms in total. The molecule has 4 heteroatoms. The van der Waals surface area contributed by atoms with Gasteiger partial charge in [-0.05, 0) is 50.3 Å². The average Bonchev–Trinajstić information content (AvgIpc) is 3.52. The number of rotatable bonds is 5. The monoisotopic (exact) mass is 349 g/mol. The smallest absolute Gasteiger partial charge is 0.226 e. The topological polar surface area (TPSA) is 36.4 Å². The van der Waals surface area contributed by atoms with Gasteiger partial charge in [0.25, 0.3) is 0 Å². The summed E-state index contributed by atoms with van der Waals surface area (Å²) in [5.41, 5.74) is 3.51. The van der Waals surface area contributed by atoms with Crippen LogP contribution in [0.25, 0.3) is 0 Å². The fourth-order valence-electron chi connectivity index (χ4n) is 3.90. The van der Waals surface area contributed by atoms with E-state index in [4.69, 9.17) is 0 Å². The van der Waals surface area contributed by atoms with Crippen LogP contribution < -0.4 is 4.90 Å². The minimum Gasteiger partial charge on any atom is -0.371 e. The second-order valence-corrected chi connectivity index (χ2v) is 7.60. The molecule has 2 aliphatic rings. The largest absolute Gasteiger partial charge is 0.371 e. The van der Waals surface area contributed by atoms with E-state index in [0.29, 0.717) is 11.9 Å². The van der Waals surface area contributed by atoms with Crippen molar-refractivity contribution in [2.75, 3.05) is 18.0 Å². The standard InChI is InChI=1S/C22H27N3O/c1-17-15-21(9-12-23-17)24-13-10-19(11-14-24)22(26)25(20-7-8-20)16-18-5-3-2-4-6-18/h2-6,9,12,15,19-20H,7-8,10-11,13-14,16H2,1H3. The van der Waals surface area contributed by atoms with Gasteiger partial charge < -0.3 is 9.80 Å². The molecule has 2 heterocycles. The van der Waals surface area contributed by atoms with Crippen molar-refractivity contribution in [1.29, 1.82) is 0 Å². The van der Waals surface area contributed by atoms with E-state index in [1.54, 1.807) is 0 Å². The number of aryl methyl sites for hydroxylation is 1. The summed E-state index contributed by atoms with van der Waals surface area (Å²) >= 11 is 0. The number of amides is 1. The summed E-state index contributed by atoms with van der Waals surface area (Å²) in [5.74, 6) is 0.528. The molecule has 26 heavy (non-hydrogen) atoms. The Kier molecular flexibility index (Phi) is 4.91. The molecule has 0 atom stereocenters. The Bertz CT molecular complexity index is 749. The Hall–Kier alpha value is -2.36. The molecule has 1 saturated heterocycles. The van der Waals surface area contributed by atoms with Crippen LogP contribution in [0.4, 0.5) is 5.69 Å². The molecule has 1 amide bonds. The molecule has 0 unspecified atom stereocenters. The number of anilines is 1. The number of aromatic nitrogens is 1. The third-order valence-electron chi connectivity index (χ3n) is 5.56. The number of carbonyl (C=O) groups excluding carboxylic acids is 1. The van der Waals surface area contributed by atoms with E-state index >= 15 is 0 Å². The lowest BCUT2D eigenvalue weighted by Gasteiger charge is -2.35. The van der Waals surface area contributed by atoms with E-state index in [-0.39, 0.29) is 5.92 Å². The van der Waals surface area contributed by atoms with Crippen LogP contribution in [0.1, 0.15) is 36.9 Å². The maximum absolute atomic E-state index is 13.2. The van der Waals surface area contributed by atoms with Gasteiger partial charge in [0.2, 0.25) is 5.91 Å². The Morgan fingerprint density at radius 2 is 1.85 bits per heavy atom. The SMILES string of the molecule is Cc1cc(N2CCC(C(=O)N(Cc3ccccc3)C3CC3)CC2)ccn1. The zero-order valence-corrected chi connectivity index (χ0v) is 15.5. The number of benzene rings is 1. The summed E-state index contributed by atoms with van der Waals surface area (Å²) in [6, 6.07) is 15.1. The number of nitrogens with zero attached hydrogens (tertiary/aromatic N) is 3. The molecule has 136 valence electrons. The third kappa shape index (κ3) is 3.90. The van der Waals surface area contributed by atoms with Gasteiger partial charge in [-0.2, -0.15) is 0 Å². The Morgan fingerprint density at radius 1 is 1.12 bits per heavy atom. The maximum Gasteiger partial charge on any atom is 0.226 e. The van der Waals surface area contributed by atoms with Crippen molar-refractivity contribution < 1.29 is 4.79 Å². The van der Waals surface area contributed by atoms with Crippen molar-refractivity contribution in [2.24, 2.45) is 5.92 Å². The fraction of sp³-hybridized carbons (Fsp3) is 0.455.